The van der Waals surface area contributed by atoms with Gasteiger partial charge < -0.3 is 9.80 Å². The van der Waals surface area contributed by atoms with Crippen LogP contribution in [-0.2, 0) is 6.42 Å². The predicted octanol–water partition coefficient (Wildman–Crippen LogP) is 4.06. The smallest absolute Gasteiger partial charge is 0.264 e. The van der Waals surface area contributed by atoms with E-state index in [9.17, 15) is 4.79 Å². The molecule has 0 unspecified atom stereocenters. The van der Waals surface area contributed by atoms with Gasteiger partial charge in [0, 0.05) is 32.6 Å². The fraction of sp³-hybridized carbons (Fsp3) is 0.273. The average Bonchev–Trinajstić information content (AvgIpc) is 3.49. The van der Waals surface area contributed by atoms with E-state index >= 15 is 0 Å². The summed E-state index contributed by atoms with van der Waals surface area (Å²) < 4.78 is 1.78. The Balaban J connectivity index is 1.47. The predicted molar refractivity (Wildman–Crippen MR) is 123 cm³/mol. The summed E-state index contributed by atoms with van der Waals surface area (Å²) in [6.07, 6.45) is 2.52. The molecule has 5 rings (SSSR count). The third-order valence-corrected chi connectivity index (χ3v) is 6.63. The molecule has 1 aromatic carbocycles. The first-order valence-corrected chi connectivity index (χ1v) is 11.5. The number of rotatable bonds is 4. The molecule has 0 spiro atoms. The number of carbonyl (C=O) groups excluding carboxylic acids is 1. The number of aryl methyl sites for hydroxylation is 1. The van der Waals surface area contributed by atoms with Gasteiger partial charge in [0.1, 0.15) is 11.6 Å². The Labute approximate surface area is 188 Å². The average molecular weight is 453 g/mol. The Bertz CT molecular complexity index is 1230. The zero-order valence-corrected chi connectivity index (χ0v) is 18.6. The number of hydrogen-bond acceptors (Lipinski definition) is 6. The van der Waals surface area contributed by atoms with Gasteiger partial charge >= 0.3 is 0 Å². The van der Waals surface area contributed by atoms with E-state index in [1.807, 2.05) is 53.6 Å². The minimum atomic E-state index is 0.100. The SMILES string of the molecule is CCc1nc(N2CCN(C(=O)c3cccs3)CC2)c2cnn(-c3ccccc3Cl)c2n1. The summed E-state index contributed by atoms with van der Waals surface area (Å²) in [6.45, 7) is 4.77. The Hall–Kier alpha value is -2.97. The van der Waals surface area contributed by atoms with Crippen molar-refractivity contribution in [3.8, 4) is 5.69 Å². The van der Waals surface area contributed by atoms with Gasteiger partial charge in [-0.15, -0.1) is 11.3 Å². The van der Waals surface area contributed by atoms with Gasteiger partial charge in [-0.3, -0.25) is 4.79 Å². The summed E-state index contributed by atoms with van der Waals surface area (Å²) in [7, 11) is 0. The van der Waals surface area contributed by atoms with Crippen molar-refractivity contribution >= 4 is 45.7 Å². The summed E-state index contributed by atoms with van der Waals surface area (Å²) in [5.74, 6) is 1.72. The first-order chi connectivity index (χ1) is 15.2. The third kappa shape index (κ3) is 3.66. The molecule has 7 nitrogen and oxygen atoms in total. The van der Waals surface area contributed by atoms with Gasteiger partial charge in [0.25, 0.3) is 5.91 Å². The summed E-state index contributed by atoms with van der Waals surface area (Å²) in [5.41, 5.74) is 1.53. The summed E-state index contributed by atoms with van der Waals surface area (Å²) in [6, 6.07) is 11.4. The molecular weight excluding hydrogens is 432 g/mol. The lowest BCUT2D eigenvalue weighted by atomic mass is 10.2. The maximum absolute atomic E-state index is 12.7. The first-order valence-electron chi connectivity index (χ1n) is 10.2. The second kappa shape index (κ2) is 8.28. The number of hydrogen-bond donors (Lipinski definition) is 0. The molecule has 4 heterocycles. The van der Waals surface area contributed by atoms with E-state index < -0.39 is 0 Å². The second-order valence-electron chi connectivity index (χ2n) is 7.32. The van der Waals surface area contributed by atoms with E-state index in [-0.39, 0.29) is 5.91 Å². The number of aromatic nitrogens is 4. The van der Waals surface area contributed by atoms with Crippen LogP contribution in [0, 0.1) is 0 Å². The van der Waals surface area contributed by atoms with Gasteiger partial charge in [-0.25, -0.2) is 14.6 Å². The van der Waals surface area contributed by atoms with Crippen LogP contribution >= 0.6 is 22.9 Å². The van der Waals surface area contributed by atoms with Crippen LogP contribution in [0.4, 0.5) is 5.82 Å². The number of carbonyl (C=O) groups is 1. The molecule has 158 valence electrons. The molecule has 0 saturated carbocycles. The van der Waals surface area contributed by atoms with Gasteiger partial charge in [0.05, 0.1) is 27.2 Å². The first kappa shape index (κ1) is 20.0. The van der Waals surface area contributed by atoms with Gasteiger partial charge in [0.2, 0.25) is 0 Å². The number of piperazine rings is 1. The number of amides is 1. The number of anilines is 1. The lowest BCUT2D eigenvalue weighted by Crippen LogP contribution is -2.49. The van der Waals surface area contributed by atoms with E-state index in [0.29, 0.717) is 37.6 Å². The zero-order chi connectivity index (χ0) is 21.4. The number of thiophene rings is 1. The van der Waals surface area contributed by atoms with E-state index in [1.165, 1.54) is 11.3 Å². The van der Waals surface area contributed by atoms with E-state index in [1.54, 1.807) is 10.9 Å². The number of para-hydroxylation sites is 1. The Morgan fingerprint density at radius 2 is 1.90 bits per heavy atom. The van der Waals surface area contributed by atoms with Crippen LogP contribution in [0.2, 0.25) is 5.02 Å². The molecule has 1 fully saturated rings. The van der Waals surface area contributed by atoms with Crippen LogP contribution < -0.4 is 4.90 Å². The molecule has 4 aromatic rings. The summed E-state index contributed by atoms with van der Waals surface area (Å²) in [5, 5.41) is 8.01. The van der Waals surface area contributed by atoms with Crippen molar-refractivity contribution in [3.05, 3.63) is 63.7 Å². The zero-order valence-electron chi connectivity index (χ0n) is 17.0. The molecule has 1 aliphatic rings. The van der Waals surface area contributed by atoms with Crippen molar-refractivity contribution in [1.29, 1.82) is 0 Å². The number of halogens is 1. The topological polar surface area (TPSA) is 67.2 Å². The highest BCUT2D eigenvalue weighted by atomic mass is 35.5. The lowest BCUT2D eigenvalue weighted by Gasteiger charge is -2.35. The minimum absolute atomic E-state index is 0.100. The van der Waals surface area contributed by atoms with E-state index in [0.717, 1.165) is 33.2 Å². The van der Waals surface area contributed by atoms with Crippen molar-refractivity contribution in [3.63, 3.8) is 0 Å². The molecule has 0 N–H and O–H groups in total. The fourth-order valence-electron chi connectivity index (χ4n) is 3.81. The monoisotopic (exact) mass is 452 g/mol. The van der Waals surface area contributed by atoms with Crippen molar-refractivity contribution in [2.24, 2.45) is 0 Å². The quantitative estimate of drug-likeness (QED) is 0.467. The fourth-order valence-corrected chi connectivity index (χ4v) is 4.72. The van der Waals surface area contributed by atoms with Crippen molar-refractivity contribution in [2.75, 3.05) is 31.1 Å². The minimum Gasteiger partial charge on any atom is -0.352 e. The molecular formula is C22H21ClN6OS. The summed E-state index contributed by atoms with van der Waals surface area (Å²) >= 11 is 7.90. The number of nitrogens with zero attached hydrogens (tertiary/aromatic N) is 6. The van der Waals surface area contributed by atoms with Gasteiger partial charge in [0.15, 0.2) is 5.65 Å². The van der Waals surface area contributed by atoms with Gasteiger partial charge in [-0.2, -0.15) is 5.10 Å². The molecule has 1 saturated heterocycles. The van der Waals surface area contributed by atoms with Crippen LogP contribution in [0.1, 0.15) is 22.4 Å². The van der Waals surface area contributed by atoms with Crippen molar-refractivity contribution in [1.82, 2.24) is 24.6 Å². The van der Waals surface area contributed by atoms with Crippen LogP contribution in [0.15, 0.2) is 48.0 Å². The highest BCUT2D eigenvalue weighted by Crippen LogP contribution is 2.29. The molecule has 1 amide bonds. The lowest BCUT2D eigenvalue weighted by molar-refractivity contribution is 0.0751. The van der Waals surface area contributed by atoms with Crippen molar-refractivity contribution in [2.45, 2.75) is 13.3 Å². The van der Waals surface area contributed by atoms with Crippen LogP contribution in [0.25, 0.3) is 16.7 Å². The van der Waals surface area contributed by atoms with Crippen LogP contribution in [0.5, 0.6) is 0 Å². The van der Waals surface area contributed by atoms with Crippen LogP contribution in [-0.4, -0.2) is 56.7 Å². The maximum atomic E-state index is 12.7. The van der Waals surface area contributed by atoms with Gasteiger partial charge in [-0.1, -0.05) is 36.7 Å². The van der Waals surface area contributed by atoms with E-state index in [2.05, 4.69) is 10.00 Å². The molecule has 0 bridgehead atoms. The largest absolute Gasteiger partial charge is 0.352 e. The highest BCUT2D eigenvalue weighted by Gasteiger charge is 2.26. The molecule has 1 aliphatic heterocycles. The second-order valence-corrected chi connectivity index (χ2v) is 8.67. The standard InChI is InChI=1S/C22H21ClN6OS/c1-2-19-25-20(27-9-11-28(12-10-27)22(30)18-8-5-13-31-18)15-14-24-29(21(15)26-19)17-7-4-3-6-16(17)23/h3-8,13-14H,2,9-12H2,1H3. The molecule has 0 atom stereocenters. The van der Waals surface area contributed by atoms with Crippen LogP contribution in [0.3, 0.4) is 0 Å². The molecule has 0 radical (unpaired) electrons. The summed E-state index contributed by atoms with van der Waals surface area (Å²) in [4.78, 5) is 27.2. The molecule has 0 aliphatic carbocycles. The number of benzene rings is 1. The van der Waals surface area contributed by atoms with E-state index in [4.69, 9.17) is 21.6 Å². The maximum Gasteiger partial charge on any atom is 0.264 e. The number of fused-ring (bicyclic) bond motifs is 1. The molecule has 9 heteroatoms. The Kier molecular flexibility index (Phi) is 5.33. The molecule has 31 heavy (non-hydrogen) atoms. The van der Waals surface area contributed by atoms with Crippen molar-refractivity contribution < 1.29 is 4.79 Å². The highest BCUT2D eigenvalue weighted by molar-refractivity contribution is 7.12. The normalized spacial score (nSPS) is 14.4. The third-order valence-electron chi connectivity index (χ3n) is 5.45. The van der Waals surface area contributed by atoms with Gasteiger partial charge in [-0.05, 0) is 23.6 Å². The molecule has 3 aromatic heterocycles. The Morgan fingerprint density at radius 3 is 2.61 bits per heavy atom. The Morgan fingerprint density at radius 1 is 1.10 bits per heavy atom.